The molecule has 2 aromatic heterocycles. The van der Waals surface area contributed by atoms with E-state index < -0.39 is 0 Å². The summed E-state index contributed by atoms with van der Waals surface area (Å²) in [5, 5.41) is 18.4. The molecule has 0 spiro atoms. The third-order valence-corrected chi connectivity index (χ3v) is 5.68. The highest BCUT2D eigenvalue weighted by Crippen LogP contribution is 2.23. The lowest BCUT2D eigenvalue weighted by molar-refractivity contribution is -0.122. The van der Waals surface area contributed by atoms with Crippen LogP contribution in [0.25, 0.3) is 16.6 Å². The van der Waals surface area contributed by atoms with E-state index >= 15 is 0 Å². The Morgan fingerprint density at radius 1 is 1.22 bits per heavy atom. The van der Waals surface area contributed by atoms with E-state index in [-0.39, 0.29) is 18.1 Å². The fourth-order valence-corrected chi connectivity index (χ4v) is 4.10. The number of rotatable bonds is 4. The van der Waals surface area contributed by atoms with Crippen molar-refractivity contribution in [2.75, 3.05) is 0 Å². The van der Waals surface area contributed by atoms with Crippen molar-refractivity contribution in [1.82, 2.24) is 19.9 Å². The molecule has 1 aromatic carbocycles. The van der Waals surface area contributed by atoms with Gasteiger partial charge in [-0.2, -0.15) is 5.10 Å². The van der Waals surface area contributed by atoms with E-state index in [1.54, 1.807) is 0 Å². The highest BCUT2D eigenvalue weighted by atomic mass is 16.3. The first-order valence-corrected chi connectivity index (χ1v) is 9.74. The molecule has 6 nitrogen and oxygen atoms in total. The van der Waals surface area contributed by atoms with Crippen LogP contribution in [0.3, 0.4) is 0 Å². The highest BCUT2D eigenvalue weighted by molar-refractivity contribution is 5.92. The van der Waals surface area contributed by atoms with Crippen LogP contribution in [0.1, 0.15) is 49.1 Å². The summed E-state index contributed by atoms with van der Waals surface area (Å²) in [5.74, 6) is 0.0703. The van der Waals surface area contributed by atoms with E-state index in [1.165, 1.54) is 0 Å². The van der Waals surface area contributed by atoms with Gasteiger partial charge < -0.3 is 10.4 Å². The number of aliphatic hydroxyl groups excluding tert-OH is 1. The molecule has 2 heterocycles. The summed E-state index contributed by atoms with van der Waals surface area (Å²) in [6, 6.07) is 8.20. The summed E-state index contributed by atoms with van der Waals surface area (Å²) in [4.78, 5) is 17.1. The standard InChI is InChI=1S/C21H26N4O2/c1-13-17(11-12-20(27)23-15-7-9-16(26)10-8-15)14(2)25-21(22-13)18-5-3-4-6-19(18)24-25/h3-6,15-16,26H,7-12H2,1-2H3,(H,23,27). The second kappa shape index (κ2) is 7.27. The van der Waals surface area contributed by atoms with E-state index in [4.69, 9.17) is 4.98 Å². The molecule has 6 heteroatoms. The molecule has 2 N–H and O–H groups in total. The largest absolute Gasteiger partial charge is 0.393 e. The Morgan fingerprint density at radius 2 is 1.96 bits per heavy atom. The monoisotopic (exact) mass is 366 g/mol. The number of aryl methyl sites for hydroxylation is 2. The molecule has 1 amide bonds. The molecule has 0 atom stereocenters. The molecule has 0 unspecified atom stereocenters. The quantitative estimate of drug-likeness (QED) is 0.744. The van der Waals surface area contributed by atoms with Crippen LogP contribution < -0.4 is 5.32 Å². The van der Waals surface area contributed by atoms with Gasteiger partial charge in [-0.25, -0.2) is 9.50 Å². The normalized spacial score (nSPS) is 20.3. The Bertz CT molecular complexity index is 987. The van der Waals surface area contributed by atoms with Crippen molar-refractivity contribution in [3.8, 4) is 0 Å². The number of amides is 1. The van der Waals surface area contributed by atoms with Gasteiger partial charge in [0.2, 0.25) is 5.91 Å². The van der Waals surface area contributed by atoms with Crippen molar-refractivity contribution in [3.63, 3.8) is 0 Å². The molecule has 1 saturated carbocycles. The molecule has 0 aliphatic heterocycles. The summed E-state index contributed by atoms with van der Waals surface area (Å²) in [6.07, 6.45) is 4.15. The van der Waals surface area contributed by atoms with Crippen LogP contribution in [-0.4, -0.2) is 37.8 Å². The fraction of sp³-hybridized carbons (Fsp3) is 0.476. The summed E-state index contributed by atoms with van der Waals surface area (Å²) in [7, 11) is 0. The number of nitrogens with one attached hydrogen (secondary N) is 1. The van der Waals surface area contributed by atoms with Gasteiger partial charge in [-0.3, -0.25) is 4.79 Å². The number of fused-ring (bicyclic) bond motifs is 3. The number of aliphatic hydroxyl groups is 1. The van der Waals surface area contributed by atoms with Crippen molar-refractivity contribution in [2.45, 2.75) is 64.5 Å². The number of nitrogens with zero attached hydrogens (tertiary/aromatic N) is 3. The Hall–Kier alpha value is -2.47. The summed E-state index contributed by atoms with van der Waals surface area (Å²) in [6.45, 7) is 4.05. The summed E-state index contributed by atoms with van der Waals surface area (Å²) >= 11 is 0. The maximum absolute atomic E-state index is 12.4. The van der Waals surface area contributed by atoms with Gasteiger partial charge >= 0.3 is 0 Å². The number of aromatic nitrogens is 3. The van der Waals surface area contributed by atoms with Gasteiger partial charge in [0.1, 0.15) is 0 Å². The molecular weight excluding hydrogens is 340 g/mol. The van der Waals surface area contributed by atoms with Gasteiger partial charge in [0.05, 0.1) is 11.6 Å². The Kier molecular flexibility index (Phi) is 4.83. The molecular formula is C21H26N4O2. The molecule has 1 aliphatic rings. The van der Waals surface area contributed by atoms with Gasteiger partial charge in [-0.15, -0.1) is 0 Å². The first-order valence-electron chi connectivity index (χ1n) is 9.74. The topological polar surface area (TPSA) is 79.5 Å². The van der Waals surface area contributed by atoms with Gasteiger partial charge in [0.25, 0.3) is 0 Å². The average molecular weight is 366 g/mol. The smallest absolute Gasteiger partial charge is 0.220 e. The third kappa shape index (κ3) is 3.54. The van der Waals surface area contributed by atoms with Gasteiger partial charge in [0, 0.05) is 29.2 Å². The molecule has 4 rings (SSSR count). The number of carbonyl (C=O) groups excluding carboxylic acids is 1. The maximum atomic E-state index is 12.4. The van der Waals surface area contributed by atoms with Gasteiger partial charge in [-0.1, -0.05) is 12.1 Å². The third-order valence-electron chi connectivity index (χ3n) is 5.68. The predicted molar refractivity (Wildman–Crippen MR) is 105 cm³/mol. The van der Waals surface area contributed by atoms with E-state index in [0.717, 1.165) is 59.2 Å². The second-order valence-corrected chi connectivity index (χ2v) is 7.59. The minimum absolute atomic E-state index is 0.0703. The van der Waals surface area contributed by atoms with Crippen LogP contribution >= 0.6 is 0 Å². The SMILES string of the molecule is Cc1nc2c3ccccc3nn2c(C)c1CCC(=O)NC1CCC(O)CC1. The summed E-state index contributed by atoms with van der Waals surface area (Å²) in [5.41, 5.74) is 4.89. The van der Waals surface area contributed by atoms with Crippen LogP contribution in [-0.2, 0) is 11.2 Å². The highest BCUT2D eigenvalue weighted by Gasteiger charge is 2.21. The molecule has 1 fully saturated rings. The second-order valence-electron chi connectivity index (χ2n) is 7.59. The van der Waals surface area contributed by atoms with Crippen LogP contribution in [0.4, 0.5) is 0 Å². The molecule has 1 aliphatic carbocycles. The van der Waals surface area contributed by atoms with Crippen molar-refractivity contribution in [1.29, 1.82) is 0 Å². The lowest BCUT2D eigenvalue weighted by atomic mass is 9.93. The fourth-order valence-electron chi connectivity index (χ4n) is 4.10. The zero-order valence-corrected chi connectivity index (χ0v) is 15.9. The number of carbonyl (C=O) groups is 1. The first-order chi connectivity index (χ1) is 13.0. The van der Waals surface area contributed by atoms with E-state index in [9.17, 15) is 9.90 Å². The van der Waals surface area contributed by atoms with Crippen molar-refractivity contribution in [2.24, 2.45) is 0 Å². The molecule has 0 saturated heterocycles. The predicted octanol–water partition coefficient (Wildman–Crippen LogP) is 2.85. The minimum atomic E-state index is -0.203. The van der Waals surface area contributed by atoms with E-state index in [0.29, 0.717) is 12.8 Å². The lowest BCUT2D eigenvalue weighted by Crippen LogP contribution is -2.38. The molecule has 27 heavy (non-hydrogen) atoms. The molecule has 0 radical (unpaired) electrons. The maximum Gasteiger partial charge on any atom is 0.220 e. The van der Waals surface area contributed by atoms with Crippen molar-refractivity contribution < 1.29 is 9.90 Å². The van der Waals surface area contributed by atoms with Crippen molar-refractivity contribution >= 4 is 22.5 Å². The number of benzene rings is 1. The van der Waals surface area contributed by atoms with Gasteiger partial charge in [-0.05, 0) is 63.6 Å². The van der Waals surface area contributed by atoms with Crippen LogP contribution in [0, 0.1) is 13.8 Å². The lowest BCUT2D eigenvalue weighted by Gasteiger charge is -2.26. The Labute approximate surface area is 158 Å². The average Bonchev–Trinajstić information content (AvgIpc) is 3.02. The van der Waals surface area contributed by atoms with Gasteiger partial charge in [0.15, 0.2) is 5.65 Å². The number of hydrogen-bond donors (Lipinski definition) is 2. The van der Waals surface area contributed by atoms with Crippen LogP contribution in [0.2, 0.25) is 0 Å². The van der Waals surface area contributed by atoms with Crippen LogP contribution in [0.15, 0.2) is 24.3 Å². The Balaban J connectivity index is 1.50. The Morgan fingerprint density at radius 3 is 2.74 bits per heavy atom. The minimum Gasteiger partial charge on any atom is -0.393 e. The molecule has 0 bridgehead atoms. The molecule has 142 valence electrons. The zero-order valence-electron chi connectivity index (χ0n) is 15.9. The van der Waals surface area contributed by atoms with E-state index in [2.05, 4.69) is 10.4 Å². The summed E-state index contributed by atoms with van der Waals surface area (Å²) < 4.78 is 1.90. The zero-order chi connectivity index (χ0) is 19.0. The number of hydrogen-bond acceptors (Lipinski definition) is 4. The first kappa shape index (κ1) is 17.9. The molecule has 3 aromatic rings. The van der Waals surface area contributed by atoms with E-state index in [1.807, 2.05) is 42.6 Å². The van der Waals surface area contributed by atoms with Crippen molar-refractivity contribution in [3.05, 3.63) is 41.2 Å². The van der Waals surface area contributed by atoms with Crippen LogP contribution in [0.5, 0.6) is 0 Å².